The van der Waals surface area contributed by atoms with Gasteiger partial charge in [0, 0.05) is 20.6 Å². The minimum absolute atomic E-state index is 0.0978. The van der Waals surface area contributed by atoms with Crippen molar-refractivity contribution in [2.75, 3.05) is 11.9 Å². The fourth-order valence-electron chi connectivity index (χ4n) is 2.39. The summed E-state index contributed by atoms with van der Waals surface area (Å²) in [6.45, 7) is 0.561. The van der Waals surface area contributed by atoms with Crippen LogP contribution in [0.25, 0.3) is 11.0 Å². The SMILES string of the molecule is CN(Cc1ccc(S(N)(=O)=O)cc1)c1ncnc2c1cnn2C. The maximum atomic E-state index is 11.3. The van der Waals surface area contributed by atoms with Crippen LogP contribution in [-0.4, -0.2) is 35.2 Å². The monoisotopic (exact) mass is 332 g/mol. The number of nitrogens with zero attached hydrogens (tertiary/aromatic N) is 5. The second-order valence-electron chi connectivity index (χ2n) is 5.25. The van der Waals surface area contributed by atoms with Gasteiger partial charge in [0.25, 0.3) is 0 Å². The largest absolute Gasteiger partial charge is 0.355 e. The summed E-state index contributed by atoms with van der Waals surface area (Å²) < 4.78 is 24.2. The van der Waals surface area contributed by atoms with Crippen LogP contribution in [-0.2, 0) is 23.6 Å². The Bertz CT molecular complexity index is 949. The van der Waals surface area contributed by atoms with Crippen LogP contribution >= 0.6 is 0 Å². The van der Waals surface area contributed by atoms with Gasteiger partial charge >= 0.3 is 0 Å². The average Bonchev–Trinajstić information content (AvgIpc) is 2.88. The number of anilines is 1. The quantitative estimate of drug-likeness (QED) is 0.751. The lowest BCUT2D eigenvalue weighted by atomic mass is 10.2. The summed E-state index contributed by atoms with van der Waals surface area (Å²) in [5, 5.41) is 10.2. The summed E-state index contributed by atoms with van der Waals surface area (Å²) in [5.41, 5.74) is 1.70. The normalized spacial score (nSPS) is 11.8. The number of aryl methyl sites for hydroxylation is 1. The van der Waals surface area contributed by atoms with E-state index in [-0.39, 0.29) is 4.90 Å². The Balaban J connectivity index is 1.87. The van der Waals surface area contributed by atoms with Crippen molar-refractivity contribution in [3.63, 3.8) is 0 Å². The fourth-order valence-corrected chi connectivity index (χ4v) is 2.90. The molecular formula is C14H16N6O2S. The van der Waals surface area contributed by atoms with Crippen molar-refractivity contribution in [3.8, 4) is 0 Å². The fraction of sp³-hybridized carbons (Fsp3) is 0.214. The molecule has 9 heteroatoms. The van der Waals surface area contributed by atoms with Gasteiger partial charge in [-0.15, -0.1) is 0 Å². The standard InChI is InChI=1S/C14H16N6O2S/c1-19(8-10-3-5-11(6-4-10)23(15,21)22)13-12-7-18-20(2)14(12)17-9-16-13/h3-7,9H,8H2,1-2H3,(H2,15,21,22). The van der Waals surface area contributed by atoms with E-state index in [0.29, 0.717) is 6.54 Å². The Kier molecular flexibility index (Phi) is 3.74. The topological polar surface area (TPSA) is 107 Å². The molecule has 0 bridgehead atoms. The summed E-state index contributed by atoms with van der Waals surface area (Å²) in [5.74, 6) is 0.763. The first kappa shape index (κ1) is 15.4. The molecular weight excluding hydrogens is 316 g/mol. The van der Waals surface area contributed by atoms with Gasteiger partial charge in [-0.2, -0.15) is 5.10 Å². The van der Waals surface area contributed by atoms with E-state index in [9.17, 15) is 8.42 Å². The smallest absolute Gasteiger partial charge is 0.238 e. The third-order valence-electron chi connectivity index (χ3n) is 3.54. The molecule has 0 aliphatic rings. The lowest BCUT2D eigenvalue weighted by molar-refractivity contribution is 0.598. The van der Waals surface area contributed by atoms with E-state index in [1.165, 1.54) is 18.5 Å². The van der Waals surface area contributed by atoms with E-state index in [0.717, 1.165) is 22.4 Å². The lowest BCUT2D eigenvalue weighted by Crippen LogP contribution is -2.18. The molecule has 23 heavy (non-hydrogen) atoms. The molecule has 0 unspecified atom stereocenters. The van der Waals surface area contributed by atoms with E-state index in [1.807, 2.05) is 19.0 Å². The molecule has 1 aromatic carbocycles. The van der Waals surface area contributed by atoms with Gasteiger partial charge in [0.15, 0.2) is 5.65 Å². The molecule has 0 saturated carbocycles. The van der Waals surface area contributed by atoms with Gasteiger partial charge in [-0.1, -0.05) is 12.1 Å². The highest BCUT2D eigenvalue weighted by Crippen LogP contribution is 2.22. The number of aromatic nitrogens is 4. The summed E-state index contributed by atoms with van der Waals surface area (Å²) in [7, 11) is 0.0581. The number of primary sulfonamides is 1. The first-order chi connectivity index (χ1) is 10.9. The minimum Gasteiger partial charge on any atom is -0.355 e. The molecule has 0 aliphatic heterocycles. The molecule has 120 valence electrons. The van der Waals surface area contributed by atoms with Gasteiger partial charge in [0.1, 0.15) is 12.1 Å². The van der Waals surface area contributed by atoms with Gasteiger partial charge in [-0.25, -0.2) is 23.5 Å². The predicted octanol–water partition coefficient (Wildman–Crippen LogP) is 0.647. The Labute approximate surface area is 133 Å². The van der Waals surface area contributed by atoms with Crippen LogP contribution in [0.4, 0.5) is 5.82 Å². The number of benzene rings is 1. The number of sulfonamides is 1. The van der Waals surface area contributed by atoms with E-state index in [1.54, 1.807) is 23.0 Å². The highest BCUT2D eigenvalue weighted by atomic mass is 32.2. The predicted molar refractivity (Wildman–Crippen MR) is 86.2 cm³/mol. The number of fused-ring (bicyclic) bond motifs is 1. The lowest BCUT2D eigenvalue weighted by Gasteiger charge is -2.18. The highest BCUT2D eigenvalue weighted by Gasteiger charge is 2.13. The molecule has 0 fully saturated rings. The summed E-state index contributed by atoms with van der Waals surface area (Å²) in [4.78, 5) is 10.6. The van der Waals surface area contributed by atoms with Crippen LogP contribution in [0.3, 0.4) is 0 Å². The molecule has 8 nitrogen and oxygen atoms in total. The zero-order chi connectivity index (χ0) is 16.6. The van der Waals surface area contributed by atoms with Crippen LogP contribution in [0.15, 0.2) is 41.7 Å². The Morgan fingerprint density at radius 1 is 1.22 bits per heavy atom. The molecule has 2 aromatic heterocycles. The first-order valence-electron chi connectivity index (χ1n) is 6.82. The van der Waals surface area contributed by atoms with Crippen LogP contribution in [0.2, 0.25) is 0 Å². The van der Waals surface area contributed by atoms with Crippen molar-refractivity contribution < 1.29 is 8.42 Å². The number of hydrogen-bond acceptors (Lipinski definition) is 6. The third kappa shape index (κ3) is 3.01. The molecule has 0 aliphatic carbocycles. The second-order valence-corrected chi connectivity index (χ2v) is 6.81. The molecule has 0 saturated heterocycles. The zero-order valence-corrected chi connectivity index (χ0v) is 13.5. The van der Waals surface area contributed by atoms with Gasteiger partial charge in [-0.3, -0.25) is 4.68 Å². The summed E-state index contributed by atoms with van der Waals surface area (Å²) >= 11 is 0. The minimum atomic E-state index is -3.67. The second kappa shape index (κ2) is 5.60. The molecule has 0 atom stereocenters. The van der Waals surface area contributed by atoms with E-state index < -0.39 is 10.0 Å². The zero-order valence-electron chi connectivity index (χ0n) is 12.7. The Morgan fingerprint density at radius 3 is 2.57 bits per heavy atom. The summed E-state index contributed by atoms with van der Waals surface area (Å²) in [6, 6.07) is 6.46. The average molecular weight is 332 g/mol. The van der Waals surface area contributed by atoms with Crippen molar-refractivity contribution >= 4 is 26.9 Å². The summed E-state index contributed by atoms with van der Waals surface area (Å²) in [6.07, 6.45) is 3.23. The molecule has 0 amide bonds. The van der Waals surface area contributed by atoms with Crippen molar-refractivity contribution in [2.45, 2.75) is 11.4 Å². The van der Waals surface area contributed by atoms with Gasteiger partial charge in [-0.05, 0) is 17.7 Å². The molecule has 0 radical (unpaired) electrons. The van der Waals surface area contributed by atoms with Gasteiger partial charge < -0.3 is 4.90 Å². The van der Waals surface area contributed by atoms with Crippen LogP contribution < -0.4 is 10.0 Å². The number of hydrogen-bond donors (Lipinski definition) is 1. The van der Waals surface area contributed by atoms with Crippen LogP contribution in [0, 0.1) is 0 Å². The van der Waals surface area contributed by atoms with Crippen LogP contribution in [0.5, 0.6) is 0 Å². The van der Waals surface area contributed by atoms with Crippen molar-refractivity contribution in [1.29, 1.82) is 0 Å². The molecule has 3 rings (SSSR count). The molecule has 0 spiro atoms. The Morgan fingerprint density at radius 2 is 1.91 bits per heavy atom. The van der Waals surface area contributed by atoms with E-state index in [4.69, 9.17) is 5.14 Å². The van der Waals surface area contributed by atoms with Crippen LogP contribution in [0.1, 0.15) is 5.56 Å². The highest BCUT2D eigenvalue weighted by molar-refractivity contribution is 7.89. The van der Waals surface area contributed by atoms with Crippen molar-refractivity contribution in [2.24, 2.45) is 12.2 Å². The third-order valence-corrected chi connectivity index (χ3v) is 4.47. The van der Waals surface area contributed by atoms with E-state index in [2.05, 4.69) is 15.1 Å². The maximum absolute atomic E-state index is 11.3. The first-order valence-corrected chi connectivity index (χ1v) is 8.36. The molecule has 2 N–H and O–H groups in total. The van der Waals surface area contributed by atoms with Crippen molar-refractivity contribution in [3.05, 3.63) is 42.4 Å². The number of rotatable bonds is 4. The van der Waals surface area contributed by atoms with Crippen molar-refractivity contribution in [1.82, 2.24) is 19.7 Å². The maximum Gasteiger partial charge on any atom is 0.238 e. The van der Waals surface area contributed by atoms with Gasteiger partial charge in [0.2, 0.25) is 10.0 Å². The molecule has 3 aromatic rings. The number of nitrogens with two attached hydrogens (primary N) is 1. The molecule has 2 heterocycles. The van der Waals surface area contributed by atoms with E-state index >= 15 is 0 Å². The van der Waals surface area contributed by atoms with Gasteiger partial charge in [0.05, 0.1) is 16.5 Å². The Hall–Kier alpha value is -2.52.